The summed E-state index contributed by atoms with van der Waals surface area (Å²) in [6, 6.07) is 16.3. The number of aromatic nitrogens is 2. The Bertz CT molecular complexity index is 1990. The predicted octanol–water partition coefficient (Wildman–Crippen LogP) is 8.57. The first kappa shape index (κ1) is 40.7. The average Bonchev–Trinajstić information content (AvgIpc) is 3.84. The molecule has 9 nitrogen and oxygen atoms in total. The normalized spacial score (nSPS) is 26.3. The van der Waals surface area contributed by atoms with Gasteiger partial charge in [-0.3, -0.25) is 4.79 Å². The van der Waals surface area contributed by atoms with Crippen molar-refractivity contribution in [1.82, 2.24) is 15.3 Å². The summed E-state index contributed by atoms with van der Waals surface area (Å²) in [7, 11) is 0. The molecular formula is C42H48Br2F2N6O3. The van der Waals surface area contributed by atoms with Crippen molar-refractivity contribution >= 4 is 55.4 Å². The zero-order chi connectivity index (χ0) is 39.7. The molecule has 0 spiro atoms. The molecule has 4 unspecified atom stereocenters. The zero-order valence-corrected chi connectivity index (χ0v) is 34.7. The van der Waals surface area contributed by atoms with E-state index < -0.39 is 11.8 Å². The number of benzene rings is 2. The Hall–Kier alpha value is -3.94. The van der Waals surface area contributed by atoms with E-state index in [1.807, 2.05) is 31.5 Å². The number of carboxylic acids is 1. The fraction of sp³-hybridized carbons (Fsp3) is 0.429. The molecule has 8 rings (SSSR count). The van der Waals surface area contributed by atoms with Gasteiger partial charge in [0.1, 0.15) is 23.3 Å². The monoisotopic (exact) mass is 880 g/mol. The first-order valence-electron chi connectivity index (χ1n) is 18.6. The fourth-order valence-electron chi connectivity index (χ4n) is 8.92. The Kier molecular flexibility index (Phi) is 12.3. The third kappa shape index (κ3) is 10.1. The van der Waals surface area contributed by atoms with Gasteiger partial charge in [0.2, 0.25) is 0 Å². The van der Waals surface area contributed by atoms with E-state index >= 15 is 0 Å². The molecule has 2 aromatic carbocycles. The smallest absolute Gasteiger partial charge is 0.336 e. The minimum absolute atomic E-state index is 0.0185. The molecule has 55 heavy (non-hydrogen) atoms. The molecule has 2 aliphatic heterocycles. The number of fused-ring (bicyclic) bond motifs is 2. The number of halogens is 4. The van der Waals surface area contributed by atoms with E-state index in [0.29, 0.717) is 23.0 Å². The van der Waals surface area contributed by atoms with Crippen molar-refractivity contribution in [2.45, 2.75) is 64.5 Å². The van der Waals surface area contributed by atoms with Crippen LogP contribution in [0.25, 0.3) is 0 Å². The molecule has 4 heterocycles. The number of carbonyl (C=O) groups is 2. The molecule has 2 aliphatic carbocycles. The van der Waals surface area contributed by atoms with Crippen molar-refractivity contribution in [1.29, 1.82) is 0 Å². The van der Waals surface area contributed by atoms with Crippen LogP contribution in [0.2, 0.25) is 0 Å². The molecule has 4 aliphatic rings. The summed E-state index contributed by atoms with van der Waals surface area (Å²) in [5.41, 5.74) is 7.86. The molecule has 4 N–H and O–H groups in total. The number of aryl methyl sites for hydroxylation is 2. The third-order valence-corrected chi connectivity index (χ3v) is 12.3. The highest BCUT2D eigenvalue weighted by molar-refractivity contribution is 9.10. The number of amides is 1. The first-order valence-corrected chi connectivity index (χ1v) is 20.2. The van der Waals surface area contributed by atoms with Crippen molar-refractivity contribution in [3.05, 3.63) is 116 Å². The molecule has 2 saturated heterocycles. The summed E-state index contributed by atoms with van der Waals surface area (Å²) in [5.74, 6) is 2.53. The number of pyridine rings is 2. The summed E-state index contributed by atoms with van der Waals surface area (Å²) in [4.78, 5) is 36.8. The van der Waals surface area contributed by atoms with Crippen LogP contribution >= 0.6 is 31.9 Å². The number of aromatic carboxylic acids is 1. The van der Waals surface area contributed by atoms with Crippen molar-refractivity contribution in [2.24, 2.45) is 29.4 Å². The predicted molar refractivity (Wildman–Crippen MR) is 218 cm³/mol. The molecule has 0 bridgehead atoms. The number of hydrogen-bond acceptors (Lipinski definition) is 7. The van der Waals surface area contributed by atoms with E-state index in [1.54, 1.807) is 13.0 Å². The Morgan fingerprint density at radius 3 is 1.55 bits per heavy atom. The average molecular weight is 883 g/mol. The topological polar surface area (TPSA) is 125 Å². The number of anilines is 2. The lowest BCUT2D eigenvalue weighted by atomic mass is 9.96. The number of nitrogens with two attached hydrogens (primary N) is 1. The summed E-state index contributed by atoms with van der Waals surface area (Å²) in [6.07, 6.45) is 7.89. The van der Waals surface area contributed by atoms with Gasteiger partial charge in [-0.15, -0.1) is 0 Å². The molecule has 4 fully saturated rings. The maximum atomic E-state index is 13.5. The number of nitrogens with zero attached hydrogens (tertiary/aromatic N) is 4. The van der Waals surface area contributed by atoms with E-state index in [2.05, 4.69) is 82.9 Å². The molecule has 4 aromatic rings. The van der Waals surface area contributed by atoms with Crippen LogP contribution in [0.4, 0.5) is 20.4 Å². The lowest BCUT2D eigenvalue weighted by molar-refractivity contribution is 0.0695. The quantitative estimate of drug-likeness (QED) is 0.182. The molecule has 0 radical (unpaired) electrons. The highest BCUT2D eigenvalue weighted by Gasteiger charge is 2.48. The largest absolute Gasteiger partial charge is 0.478 e. The molecule has 2 saturated carbocycles. The van der Waals surface area contributed by atoms with Crippen LogP contribution in [0.1, 0.15) is 71.4 Å². The second-order valence-electron chi connectivity index (χ2n) is 16.2. The zero-order valence-electron chi connectivity index (χ0n) is 31.5. The van der Waals surface area contributed by atoms with Crippen LogP contribution in [-0.4, -0.2) is 64.2 Å². The van der Waals surface area contributed by atoms with Crippen molar-refractivity contribution in [2.75, 3.05) is 36.0 Å². The van der Waals surface area contributed by atoms with Gasteiger partial charge in [0.25, 0.3) is 5.91 Å². The number of hydrogen-bond donors (Lipinski definition) is 3. The van der Waals surface area contributed by atoms with Crippen LogP contribution in [0.5, 0.6) is 0 Å². The van der Waals surface area contributed by atoms with Gasteiger partial charge >= 0.3 is 5.97 Å². The van der Waals surface area contributed by atoms with E-state index in [1.165, 1.54) is 24.3 Å². The van der Waals surface area contributed by atoms with Gasteiger partial charge in [-0.25, -0.2) is 23.5 Å². The maximum absolute atomic E-state index is 13.5. The van der Waals surface area contributed by atoms with Gasteiger partial charge in [-0.2, -0.15) is 0 Å². The Morgan fingerprint density at radius 2 is 1.15 bits per heavy atom. The second kappa shape index (κ2) is 16.7. The van der Waals surface area contributed by atoms with E-state index in [0.717, 1.165) is 95.9 Å². The van der Waals surface area contributed by atoms with Gasteiger partial charge in [-0.1, -0.05) is 12.1 Å². The van der Waals surface area contributed by atoms with Gasteiger partial charge in [0.15, 0.2) is 0 Å². The van der Waals surface area contributed by atoms with Crippen molar-refractivity contribution < 1.29 is 23.5 Å². The SMILES string of the molecule is CC1(N)CC2CN(c3ccc(Br)cn3)CC2C1.Cc1ccc(F)cc1C(=O)NC1(C)CC2CN(c3ccc(Br)cn3)CC2C1.Cc1ccc(F)cc1C(=O)O. The van der Waals surface area contributed by atoms with E-state index in [9.17, 15) is 18.4 Å². The highest BCUT2D eigenvalue weighted by Crippen LogP contribution is 2.45. The minimum Gasteiger partial charge on any atom is -0.478 e. The Labute approximate surface area is 338 Å². The van der Waals surface area contributed by atoms with Crippen LogP contribution < -0.4 is 20.9 Å². The number of nitrogens with one attached hydrogen (secondary N) is 1. The van der Waals surface area contributed by atoms with Crippen LogP contribution in [0.15, 0.2) is 82.0 Å². The molecule has 2 aromatic heterocycles. The van der Waals surface area contributed by atoms with Crippen molar-refractivity contribution in [3.8, 4) is 0 Å². The van der Waals surface area contributed by atoms with Crippen LogP contribution in [0, 0.1) is 49.2 Å². The summed E-state index contributed by atoms with van der Waals surface area (Å²) in [5, 5.41) is 11.7. The van der Waals surface area contributed by atoms with Crippen molar-refractivity contribution in [3.63, 3.8) is 0 Å². The first-order chi connectivity index (χ1) is 26.0. The Balaban J connectivity index is 0.000000156. The summed E-state index contributed by atoms with van der Waals surface area (Å²) >= 11 is 6.84. The van der Waals surface area contributed by atoms with Crippen LogP contribution in [0.3, 0.4) is 0 Å². The summed E-state index contributed by atoms with van der Waals surface area (Å²) in [6.45, 7) is 11.9. The molecule has 4 atom stereocenters. The molecule has 292 valence electrons. The third-order valence-electron chi connectivity index (χ3n) is 11.4. The number of carbonyl (C=O) groups excluding carboxylic acids is 1. The minimum atomic E-state index is -1.10. The fourth-order valence-corrected chi connectivity index (χ4v) is 9.38. The lowest BCUT2D eigenvalue weighted by Crippen LogP contribution is -2.45. The van der Waals surface area contributed by atoms with E-state index in [4.69, 9.17) is 10.8 Å². The van der Waals surface area contributed by atoms with Gasteiger partial charge < -0.3 is 26.0 Å². The van der Waals surface area contributed by atoms with Gasteiger partial charge in [0.05, 0.1) is 5.56 Å². The van der Waals surface area contributed by atoms with Gasteiger partial charge in [0, 0.05) is 64.2 Å². The summed E-state index contributed by atoms with van der Waals surface area (Å²) < 4.78 is 28.0. The second-order valence-corrected chi connectivity index (χ2v) is 18.1. The molecule has 13 heteroatoms. The Morgan fingerprint density at radius 1 is 0.727 bits per heavy atom. The molecule has 1 amide bonds. The van der Waals surface area contributed by atoms with Crippen LogP contribution in [-0.2, 0) is 0 Å². The maximum Gasteiger partial charge on any atom is 0.336 e. The van der Waals surface area contributed by atoms with Gasteiger partial charge in [-0.05, 0) is 169 Å². The number of carboxylic acid groups (broad SMARTS) is 1. The standard InChI is InChI=1S/C21H23BrFN3O.C13H18BrN3.C8H7FO2/c1-13-3-5-17(23)7-18(13)20(27)25-21(2)8-14-11-26(12-15(14)9-21)19-6-4-16(22)10-24-19;1-13(15)4-9-7-17(8-10(9)5-13)12-3-2-11(14)6-16-12;1-5-2-3-6(9)4-7(5)8(10)11/h3-7,10,14-15H,8-9,11-12H2,1-2H3,(H,25,27);2-3,6,9-10H,4-5,7-8,15H2,1H3;2-4H,1H3,(H,10,11). The highest BCUT2D eigenvalue weighted by atomic mass is 79.9. The lowest BCUT2D eigenvalue weighted by Gasteiger charge is -2.29. The van der Waals surface area contributed by atoms with E-state index in [-0.39, 0.29) is 28.4 Å². The number of rotatable bonds is 5. The molecular weight excluding hydrogens is 834 g/mol.